The van der Waals surface area contributed by atoms with Gasteiger partial charge in [-0.2, -0.15) is 0 Å². The number of aliphatic hydroxyl groups is 1. The van der Waals surface area contributed by atoms with E-state index in [9.17, 15) is 22.7 Å². The number of halogens is 5. The molecule has 0 spiro atoms. The molecule has 0 saturated carbocycles. The number of aliphatic hydroxyl groups excluding tert-OH is 1. The molecular formula is C13H17ClF4N2O2. The minimum absolute atomic E-state index is 0. The number of hydrogen-bond donors (Lipinski definition) is 2. The predicted octanol–water partition coefficient (Wildman–Crippen LogP) is 2.08. The van der Waals surface area contributed by atoms with Gasteiger partial charge in [0.25, 0.3) is 0 Å². The zero-order valence-electron chi connectivity index (χ0n) is 11.6. The molecule has 1 aliphatic heterocycles. The fourth-order valence-electron chi connectivity index (χ4n) is 2.38. The molecule has 1 aromatic rings. The van der Waals surface area contributed by atoms with Gasteiger partial charge in [0.1, 0.15) is 11.6 Å². The fraction of sp³-hybridized carbons (Fsp3) is 0.538. The molecular weight excluding hydrogens is 328 g/mol. The summed E-state index contributed by atoms with van der Waals surface area (Å²) >= 11 is 0. The molecule has 0 bridgehead atoms. The first kappa shape index (κ1) is 19.0. The lowest BCUT2D eigenvalue weighted by molar-refractivity contribution is -0.274. The summed E-state index contributed by atoms with van der Waals surface area (Å²) in [5.74, 6) is -1.16. The van der Waals surface area contributed by atoms with Crippen LogP contribution in [0.15, 0.2) is 18.2 Å². The minimum Gasteiger partial charge on any atom is -0.406 e. The van der Waals surface area contributed by atoms with Crippen LogP contribution in [-0.4, -0.2) is 49.2 Å². The van der Waals surface area contributed by atoms with Crippen molar-refractivity contribution in [1.29, 1.82) is 0 Å². The van der Waals surface area contributed by atoms with Crippen LogP contribution in [0.3, 0.4) is 0 Å². The number of alkyl halides is 3. The van der Waals surface area contributed by atoms with Gasteiger partial charge < -0.3 is 15.2 Å². The predicted molar refractivity (Wildman–Crippen MR) is 74.6 cm³/mol. The average molecular weight is 345 g/mol. The third-order valence-corrected chi connectivity index (χ3v) is 3.33. The van der Waals surface area contributed by atoms with E-state index in [-0.39, 0.29) is 24.6 Å². The van der Waals surface area contributed by atoms with Crippen LogP contribution in [-0.2, 0) is 0 Å². The lowest BCUT2D eigenvalue weighted by atomic mass is 10.0. The highest BCUT2D eigenvalue weighted by Gasteiger charge is 2.32. The summed E-state index contributed by atoms with van der Waals surface area (Å²) in [6.45, 7) is 2.13. The molecule has 1 saturated heterocycles. The van der Waals surface area contributed by atoms with E-state index in [4.69, 9.17) is 0 Å². The van der Waals surface area contributed by atoms with Crippen molar-refractivity contribution in [2.45, 2.75) is 12.4 Å². The Balaban J connectivity index is 0.00000242. The van der Waals surface area contributed by atoms with E-state index >= 15 is 0 Å². The Morgan fingerprint density at radius 1 is 1.27 bits per heavy atom. The van der Waals surface area contributed by atoms with Crippen molar-refractivity contribution in [2.24, 2.45) is 0 Å². The second kappa shape index (κ2) is 7.96. The van der Waals surface area contributed by atoms with E-state index in [2.05, 4.69) is 10.1 Å². The van der Waals surface area contributed by atoms with Gasteiger partial charge in [-0.3, -0.25) is 4.90 Å². The molecule has 1 heterocycles. The molecule has 0 unspecified atom stereocenters. The summed E-state index contributed by atoms with van der Waals surface area (Å²) < 4.78 is 54.4. The molecule has 1 fully saturated rings. The molecule has 2 N–H and O–H groups in total. The first-order valence-electron chi connectivity index (χ1n) is 6.51. The average Bonchev–Trinajstić information content (AvgIpc) is 2.43. The monoisotopic (exact) mass is 344 g/mol. The Labute approximate surface area is 131 Å². The topological polar surface area (TPSA) is 44.7 Å². The maximum absolute atomic E-state index is 13.9. The third kappa shape index (κ3) is 4.98. The molecule has 1 atom stereocenters. The number of nitrogens with zero attached hydrogens (tertiary/aromatic N) is 1. The van der Waals surface area contributed by atoms with Gasteiger partial charge in [-0.1, -0.05) is 0 Å². The van der Waals surface area contributed by atoms with Crippen LogP contribution in [0.1, 0.15) is 11.6 Å². The number of rotatable bonds is 4. The summed E-state index contributed by atoms with van der Waals surface area (Å²) in [5.41, 5.74) is 0.00106. The summed E-state index contributed by atoms with van der Waals surface area (Å²) in [5, 5.41) is 12.6. The molecule has 2 rings (SSSR count). The Kier molecular flexibility index (Phi) is 6.86. The Morgan fingerprint density at radius 2 is 1.91 bits per heavy atom. The molecule has 1 aromatic carbocycles. The zero-order valence-corrected chi connectivity index (χ0v) is 12.4. The quantitative estimate of drug-likeness (QED) is 0.821. The van der Waals surface area contributed by atoms with Crippen LogP contribution in [0.25, 0.3) is 0 Å². The van der Waals surface area contributed by atoms with Gasteiger partial charge in [0.15, 0.2) is 0 Å². The molecule has 9 heteroatoms. The Hall–Kier alpha value is -1.09. The van der Waals surface area contributed by atoms with Gasteiger partial charge in [0.05, 0.1) is 12.6 Å². The number of nitrogens with one attached hydrogen (secondary N) is 1. The van der Waals surface area contributed by atoms with E-state index in [1.807, 2.05) is 4.90 Å². The largest absolute Gasteiger partial charge is 0.573 e. The molecule has 0 amide bonds. The first-order chi connectivity index (χ1) is 9.90. The van der Waals surface area contributed by atoms with Gasteiger partial charge in [0, 0.05) is 31.7 Å². The summed E-state index contributed by atoms with van der Waals surface area (Å²) in [6.07, 6.45) is -4.83. The van der Waals surface area contributed by atoms with Crippen molar-refractivity contribution in [3.63, 3.8) is 0 Å². The number of piperazine rings is 1. The van der Waals surface area contributed by atoms with Gasteiger partial charge in [-0.25, -0.2) is 4.39 Å². The van der Waals surface area contributed by atoms with Gasteiger partial charge in [0.2, 0.25) is 0 Å². The van der Waals surface area contributed by atoms with E-state index in [0.29, 0.717) is 26.2 Å². The van der Waals surface area contributed by atoms with Crippen molar-refractivity contribution >= 4 is 12.4 Å². The van der Waals surface area contributed by atoms with Crippen molar-refractivity contribution in [1.82, 2.24) is 10.2 Å². The van der Waals surface area contributed by atoms with Gasteiger partial charge in [-0.15, -0.1) is 25.6 Å². The van der Waals surface area contributed by atoms with Crippen molar-refractivity contribution in [2.75, 3.05) is 32.8 Å². The van der Waals surface area contributed by atoms with E-state index < -0.39 is 24.0 Å². The highest BCUT2D eigenvalue weighted by Crippen LogP contribution is 2.30. The van der Waals surface area contributed by atoms with Crippen LogP contribution < -0.4 is 10.1 Å². The Morgan fingerprint density at radius 3 is 2.45 bits per heavy atom. The summed E-state index contributed by atoms with van der Waals surface area (Å²) in [6, 6.07) is 2.13. The molecule has 1 aliphatic rings. The van der Waals surface area contributed by atoms with E-state index in [1.54, 1.807) is 0 Å². The molecule has 4 nitrogen and oxygen atoms in total. The maximum atomic E-state index is 13.9. The summed E-state index contributed by atoms with van der Waals surface area (Å²) in [7, 11) is 0. The SMILES string of the molecule is Cl.OC[C@H](c1cc(OC(F)(F)F)ccc1F)N1CCNCC1. The zero-order chi connectivity index (χ0) is 15.5. The van der Waals surface area contributed by atoms with Crippen LogP contribution in [0, 0.1) is 5.82 Å². The lowest BCUT2D eigenvalue weighted by Gasteiger charge is -2.34. The second-order valence-electron chi connectivity index (χ2n) is 4.72. The highest BCUT2D eigenvalue weighted by molar-refractivity contribution is 5.85. The lowest BCUT2D eigenvalue weighted by Crippen LogP contribution is -2.46. The third-order valence-electron chi connectivity index (χ3n) is 3.33. The van der Waals surface area contributed by atoms with Crippen molar-refractivity contribution < 1.29 is 27.4 Å². The first-order valence-corrected chi connectivity index (χ1v) is 6.51. The molecule has 126 valence electrons. The molecule has 22 heavy (non-hydrogen) atoms. The highest BCUT2D eigenvalue weighted by atomic mass is 35.5. The second-order valence-corrected chi connectivity index (χ2v) is 4.72. The Bertz CT molecular complexity index is 482. The maximum Gasteiger partial charge on any atom is 0.573 e. The van der Waals surface area contributed by atoms with Crippen LogP contribution in [0.5, 0.6) is 5.75 Å². The van der Waals surface area contributed by atoms with Crippen LogP contribution in [0.2, 0.25) is 0 Å². The normalized spacial score (nSPS) is 17.7. The standard InChI is InChI=1S/C13H16F4N2O2.ClH/c14-11-2-1-9(21-13(15,16)17)7-10(11)12(8-20)19-5-3-18-4-6-19;/h1-2,7,12,18,20H,3-6,8H2;1H/t12-;/m1./s1. The fourth-order valence-corrected chi connectivity index (χ4v) is 2.38. The van der Waals surface area contributed by atoms with Crippen molar-refractivity contribution in [3.8, 4) is 5.75 Å². The van der Waals surface area contributed by atoms with Crippen molar-refractivity contribution in [3.05, 3.63) is 29.6 Å². The number of benzene rings is 1. The molecule has 0 aliphatic carbocycles. The van der Waals surface area contributed by atoms with Gasteiger partial charge >= 0.3 is 6.36 Å². The minimum atomic E-state index is -4.83. The van der Waals surface area contributed by atoms with E-state index in [0.717, 1.165) is 18.2 Å². The number of hydrogen-bond acceptors (Lipinski definition) is 4. The molecule has 0 radical (unpaired) electrons. The summed E-state index contributed by atoms with van der Waals surface area (Å²) in [4.78, 5) is 1.83. The number of ether oxygens (including phenoxy) is 1. The smallest absolute Gasteiger partial charge is 0.406 e. The van der Waals surface area contributed by atoms with Gasteiger partial charge in [-0.05, 0) is 18.2 Å². The van der Waals surface area contributed by atoms with E-state index in [1.165, 1.54) is 0 Å². The van der Waals surface area contributed by atoms with Crippen LogP contribution in [0.4, 0.5) is 17.6 Å². The molecule has 0 aromatic heterocycles. The van der Waals surface area contributed by atoms with Crippen LogP contribution >= 0.6 is 12.4 Å².